The lowest BCUT2D eigenvalue weighted by Gasteiger charge is -2.20. The van der Waals surface area contributed by atoms with Gasteiger partial charge in [0.1, 0.15) is 12.3 Å². The highest BCUT2D eigenvalue weighted by Crippen LogP contribution is 2.23. The first-order chi connectivity index (χ1) is 12.1. The van der Waals surface area contributed by atoms with Gasteiger partial charge in [-0.1, -0.05) is 25.3 Å². The first kappa shape index (κ1) is 18.8. The van der Waals surface area contributed by atoms with Crippen molar-refractivity contribution in [1.82, 2.24) is 5.32 Å². The van der Waals surface area contributed by atoms with E-state index in [0.29, 0.717) is 11.4 Å². The summed E-state index contributed by atoms with van der Waals surface area (Å²) in [7, 11) is 1.53. The van der Waals surface area contributed by atoms with E-state index in [1.807, 2.05) is 0 Å². The first-order valence-electron chi connectivity index (χ1n) is 8.45. The molecule has 1 aliphatic carbocycles. The van der Waals surface area contributed by atoms with Gasteiger partial charge in [0.05, 0.1) is 7.11 Å². The number of amides is 2. The Hall–Kier alpha value is -2.57. The Morgan fingerprint density at radius 2 is 1.92 bits per heavy atom. The van der Waals surface area contributed by atoms with Gasteiger partial charge in [-0.05, 0) is 25.0 Å². The molecule has 1 aromatic carbocycles. The Morgan fingerprint density at radius 1 is 1.16 bits per heavy atom. The molecule has 1 fully saturated rings. The molecule has 0 unspecified atom stereocenters. The number of carbonyl (C=O) groups is 3. The number of ether oxygens (including phenoxy) is 2. The molecule has 136 valence electrons. The van der Waals surface area contributed by atoms with Crippen LogP contribution in [-0.2, 0) is 19.1 Å². The average molecular weight is 348 g/mol. The lowest BCUT2D eigenvalue weighted by molar-refractivity contribution is -0.147. The molecule has 0 radical (unpaired) electrons. The fourth-order valence-electron chi connectivity index (χ4n) is 2.76. The minimum Gasteiger partial charge on any atom is -0.497 e. The number of benzene rings is 1. The lowest BCUT2D eigenvalue weighted by atomic mass is 9.89. The molecule has 0 aliphatic heterocycles. The average Bonchev–Trinajstić information content (AvgIpc) is 2.65. The maximum Gasteiger partial charge on any atom is 0.325 e. The molecule has 25 heavy (non-hydrogen) atoms. The number of nitrogens with one attached hydrogen (secondary N) is 2. The molecule has 2 N–H and O–H groups in total. The zero-order chi connectivity index (χ0) is 18.1. The summed E-state index contributed by atoms with van der Waals surface area (Å²) >= 11 is 0. The third-order valence-corrected chi connectivity index (χ3v) is 4.10. The fraction of sp³-hybridized carbons (Fsp3) is 0.500. The van der Waals surface area contributed by atoms with E-state index in [0.717, 1.165) is 32.1 Å². The minimum atomic E-state index is -0.634. The smallest absolute Gasteiger partial charge is 0.325 e. The molecule has 0 saturated heterocycles. The van der Waals surface area contributed by atoms with Crippen LogP contribution in [0, 0.1) is 5.92 Å². The standard InChI is InChI=1S/C18H24N2O5/c1-24-15-9-5-8-14(10-15)20-16(21)12-25-17(22)11-19-18(23)13-6-3-2-4-7-13/h5,8-10,13H,2-4,6-7,11-12H2,1H3,(H,19,23)(H,20,21). The number of hydrogen-bond acceptors (Lipinski definition) is 5. The van der Waals surface area contributed by atoms with Crippen molar-refractivity contribution in [2.75, 3.05) is 25.6 Å². The molecule has 0 bridgehead atoms. The van der Waals surface area contributed by atoms with Gasteiger partial charge in [-0.3, -0.25) is 14.4 Å². The fourth-order valence-corrected chi connectivity index (χ4v) is 2.76. The number of rotatable bonds is 7. The molecule has 1 aromatic rings. The van der Waals surface area contributed by atoms with Crippen molar-refractivity contribution in [1.29, 1.82) is 0 Å². The van der Waals surface area contributed by atoms with E-state index in [-0.39, 0.29) is 18.4 Å². The summed E-state index contributed by atoms with van der Waals surface area (Å²) < 4.78 is 9.94. The molecule has 1 aliphatic rings. The van der Waals surface area contributed by atoms with Crippen LogP contribution in [0.1, 0.15) is 32.1 Å². The monoisotopic (exact) mass is 348 g/mol. The van der Waals surface area contributed by atoms with Gasteiger partial charge < -0.3 is 20.1 Å². The SMILES string of the molecule is COc1cccc(NC(=O)COC(=O)CNC(=O)C2CCCCC2)c1. The van der Waals surface area contributed by atoms with Crippen LogP contribution in [0.5, 0.6) is 5.75 Å². The molecule has 2 rings (SSSR count). The number of methoxy groups -OCH3 is 1. The molecule has 7 heteroatoms. The maximum atomic E-state index is 11.9. The van der Waals surface area contributed by atoms with Crippen LogP contribution in [0.3, 0.4) is 0 Å². The van der Waals surface area contributed by atoms with Gasteiger partial charge >= 0.3 is 5.97 Å². The second-order valence-electron chi connectivity index (χ2n) is 5.99. The van der Waals surface area contributed by atoms with E-state index in [2.05, 4.69) is 10.6 Å². The highest BCUT2D eigenvalue weighted by atomic mass is 16.5. The van der Waals surface area contributed by atoms with Crippen LogP contribution in [0.25, 0.3) is 0 Å². The molecule has 1 saturated carbocycles. The van der Waals surface area contributed by atoms with E-state index >= 15 is 0 Å². The van der Waals surface area contributed by atoms with E-state index in [1.54, 1.807) is 24.3 Å². The van der Waals surface area contributed by atoms with Crippen molar-refractivity contribution in [2.24, 2.45) is 5.92 Å². The van der Waals surface area contributed by atoms with Gasteiger partial charge in [0.15, 0.2) is 6.61 Å². The Bertz CT molecular complexity index is 611. The summed E-state index contributed by atoms with van der Waals surface area (Å²) in [5, 5.41) is 5.18. The normalized spacial score (nSPS) is 14.4. The first-order valence-corrected chi connectivity index (χ1v) is 8.45. The zero-order valence-corrected chi connectivity index (χ0v) is 14.4. The number of esters is 1. The van der Waals surface area contributed by atoms with E-state index < -0.39 is 18.5 Å². The second kappa shape index (κ2) is 9.66. The highest BCUT2D eigenvalue weighted by molar-refractivity contribution is 5.93. The number of hydrogen-bond donors (Lipinski definition) is 2. The Balaban J connectivity index is 1.66. The van der Waals surface area contributed by atoms with Crippen LogP contribution in [0.15, 0.2) is 24.3 Å². The Kier molecular flexibility index (Phi) is 7.25. The molecule has 0 spiro atoms. The van der Waals surface area contributed by atoms with Crippen molar-refractivity contribution >= 4 is 23.5 Å². The van der Waals surface area contributed by atoms with Crippen LogP contribution in [0.4, 0.5) is 5.69 Å². The predicted octanol–water partition coefficient (Wildman–Crippen LogP) is 1.87. The van der Waals surface area contributed by atoms with Crippen LogP contribution < -0.4 is 15.4 Å². The molecule has 0 atom stereocenters. The summed E-state index contributed by atoms with van der Waals surface area (Å²) in [6.45, 7) is -0.628. The maximum absolute atomic E-state index is 11.9. The predicted molar refractivity (Wildman–Crippen MR) is 92.2 cm³/mol. The number of carbonyl (C=O) groups excluding carboxylic acids is 3. The Labute approximate surface area is 147 Å². The van der Waals surface area contributed by atoms with Crippen molar-refractivity contribution in [3.8, 4) is 5.75 Å². The van der Waals surface area contributed by atoms with E-state index in [4.69, 9.17) is 9.47 Å². The second-order valence-corrected chi connectivity index (χ2v) is 5.99. The number of anilines is 1. The third-order valence-electron chi connectivity index (χ3n) is 4.10. The van der Waals surface area contributed by atoms with Crippen molar-refractivity contribution < 1.29 is 23.9 Å². The zero-order valence-electron chi connectivity index (χ0n) is 14.4. The van der Waals surface area contributed by atoms with Crippen LogP contribution in [0.2, 0.25) is 0 Å². The van der Waals surface area contributed by atoms with E-state index in [9.17, 15) is 14.4 Å². The van der Waals surface area contributed by atoms with Crippen LogP contribution in [-0.4, -0.2) is 38.0 Å². The van der Waals surface area contributed by atoms with Gasteiger partial charge in [-0.25, -0.2) is 0 Å². The summed E-state index contributed by atoms with van der Waals surface area (Å²) in [4.78, 5) is 35.4. The lowest BCUT2D eigenvalue weighted by Crippen LogP contribution is -2.36. The molecular formula is C18H24N2O5. The minimum absolute atomic E-state index is 0.0158. The van der Waals surface area contributed by atoms with Crippen molar-refractivity contribution in [3.63, 3.8) is 0 Å². The Morgan fingerprint density at radius 3 is 2.64 bits per heavy atom. The van der Waals surface area contributed by atoms with E-state index in [1.165, 1.54) is 7.11 Å². The molecule has 0 aromatic heterocycles. The van der Waals surface area contributed by atoms with Gasteiger partial charge in [0, 0.05) is 17.7 Å². The van der Waals surface area contributed by atoms with Gasteiger partial charge in [0.2, 0.25) is 5.91 Å². The topological polar surface area (TPSA) is 93.7 Å². The molecule has 7 nitrogen and oxygen atoms in total. The van der Waals surface area contributed by atoms with Crippen molar-refractivity contribution in [2.45, 2.75) is 32.1 Å². The summed E-state index contributed by atoms with van der Waals surface area (Å²) in [5.41, 5.74) is 0.547. The van der Waals surface area contributed by atoms with Crippen LogP contribution >= 0.6 is 0 Å². The molecule has 0 heterocycles. The van der Waals surface area contributed by atoms with Crippen molar-refractivity contribution in [3.05, 3.63) is 24.3 Å². The quantitative estimate of drug-likeness (QED) is 0.734. The van der Waals surface area contributed by atoms with Gasteiger partial charge in [0.25, 0.3) is 5.91 Å². The third kappa shape index (κ3) is 6.45. The van der Waals surface area contributed by atoms with Gasteiger partial charge in [-0.2, -0.15) is 0 Å². The molecule has 2 amide bonds. The highest BCUT2D eigenvalue weighted by Gasteiger charge is 2.21. The summed E-state index contributed by atoms with van der Waals surface area (Å²) in [6.07, 6.45) is 4.99. The van der Waals surface area contributed by atoms with Gasteiger partial charge in [-0.15, -0.1) is 0 Å². The summed E-state index contributed by atoms with van der Waals surface area (Å²) in [6, 6.07) is 6.85. The molecular weight excluding hydrogens is 324 g/mol. The largest absolute Gasteiger partial charge is 0.497 e. The summed E-state index contributed by atoms with van der Waals surface area (Å²) in [5.74, 6) is -0.610.